The molecule has 1 fully saturated rings. The molecule has 0 saturated carbocycles. The van der Waals surface area contributed by atoms with Gasteiger partial charge in [0.2, 0.25) is 0 Å². The Hall–Kier alpha value is -3.17. The summed E-state index contributed by atoms with van der Waals surface area (Å²) in [5.74, 6) is -0.389. The van der Waals surface area contributed by atoms with Gasteiger partial charge in [-0.05, 0) is 49.2 Å². The van der Waals surface area contributed by atoms with E-state index >= 15 is 0 Å². The van der Waals surface area contributed by atoms with Crippen LogP contribution in [0.15, 0.2) is 53.1 Å². The molecule has 1 aliphatic heterocycles. The van der Waals surface area contributed by atoms with E-state index in [1.54, 1.807) is 36.1 Å². The number of benzene rings is 1. The summed E-state index contributed by atoms with van der Waals surface area (Å²) < 4.78 is 24.1. The average Bonchev–Trinajstić information content (AvgIpc) is 3.52. The number of halogens is 1. The lowest BCUT2D eigenvalue weighted by atomic mass is 9.97. The van der Waals surface area contributed by atoms with Crippen LogP contribution < -0.4 is 5.32 Å². The van der Waals surface area contributed by atoms with E-state index in [9.17, 15) is 14.0 Å². The number of hydrogen-bond donors (Lipinski definition) is 1. The Bertz CT molecular complexity index is 1110. The third kappa shape index (κ3) is 5.31. The zero-order valence-corrected chi connectivity index (χ0v) is 20.1. The highest BCUT2D eigenvalue weighted by Gasteiger charge is 2.31. The second-order valence-corrected chi connectivity index (χ2v) is 9.09. The van der Waals surface area contributed by atoms with Gasteiger partial charge in [-0.2, -0.15) is 0 Å². The van der Waals surface area contributed by atoms with Crippen molar-refractivity contribution in [2.45, 2.75) is 26.3 Å². The summed E-state index contributed by atoms with van der Waals surface area (Å²) in [6, 6.07) is 11.6. The largest absolute Gasteiger partial charge is 0.459 e. The number of furan rings is 1. The van der Waals surface area contributed by atoms with Crippen molar-refractivity contribution in [1.82, 2.24) is 9.80 Å². The van der Waals surface area contributed by atoms with Crippen molar-refractivity contribution >= 4 is 28.3 Å². The Morgan fingerprint density at radius 3 is 2.50 bits per heavy atom. The summed E-state index contributed by atoms with van der Waals surface area (Å²) in [4.78, 5) is 30.0. The highest BCUT2D eigenvalue weighted by Crippen LogP contribution is 2.40. The van der Waals surface area contributed by atoms with Crippen LogP contribution in [-0.4, -0.2) is 54.6 Å². The number of rotatable bonds is 7. The van der Waals surface area contributed by atoms with Gasteiger partial charge in [-0.15, -0.1) is 11.3 Å². The van der Waals surface area contributed by atoms with Crippen molar-refractivity contribution in [2.24, 2.45) is 0 Å². The highest BCUT2D eigenvalue weighted by molar-refractivity contribution is 7.16. The number of ether oxygens (including phenoxy) is 1. The molecule has 34 heavy (non-hydrogen) atoms. The van der Waals surface area contributed by atoms with Crippen molar-refractivity contribution in [1.29, 1.82) is 0 Å². The molecule has 0 unspecified atom stereocenters. The van der Waals surface area contributed by atoms with Crippen LogP contribution in [0.5, 0.6) is 0 Å². The van der Waals surface area contributed by atoms with E-state index in [1.165, 1.54) is 29.7 Å². The Labute approximate surface area is 202 Å². The van der Waals surface area contributed by atoms with Crippen molar-refractivity contribution < 1.29 is 23.1 Å². The smallest absolute Gasteiger partial charge is 0.409 e. The van der Waals surface area contributed by atoms with Crippen LogP contribution in [0.3, 0.4) is 0 Å². The fourth-order valence-corrected chi connectivity index (χ4v) is 5.14. The van der Waals surface area contributed by atoms with E-state index in [0.717, 1.165) is 27.4 Å². The molecule has 1 aliphatic rings. The third-order valence-electron chi connectivity index (χ3n) is 5.82. The molecule has 9 heteroatoms. The Kier molecular flexibility index (Phi) is 7.64. The van der Waals surface area contributed by atoms with Gasteiger partial charge >= 0.3 is 6.09 Å². The molecule has 0 bridgehead atoms. The normalized spacial score (nSPS) is 15.2. The second kappa shape index (κ2) is 10.8. The average molecular weight is 486 g/mol. The Balaban J connectivity index is 1.66. The van der Waals surface area contributed by atoms with E-state index in [1.807, 2.05) is 0 Å². The van der Waals surface area contributed by atoms with Crippen LogP contribution in [0.2, 0.25) is 0 Å². The minimum atomic E-state index is -0.319. The number of carbonyl (C=O) groups excluding carboxylic acids is 2. The molecule has 0 spiro atoms. The molecule has 1 N–H and O–H groups in total. The quantitative estimate of drug-likeness (QED) is 0.500. The van der Waals surface area contributed by atoms with Gasteiger partial charge in [-0.3, -0.25) is 9.69 Å². The molecule has 4 rings (SSSR count). The molecule has 3 aromatic rings. The minimum absolute atomic E-state index is 0.214. The maximum atomic E-state index is 13.7. The molecule has 0 aliphatic carbocycles. The molecule has 3 heterocycles. The van der Waals surface area contributed by atoms with Crippen LogP contribution in [0.4, 0.5) is 14.2 Å². The Morgan fingerprint density at radius 1 is 1.15 bits per heavy atom. The third-order valence-corrected chi connectivity index (χ3v) is 7.03. The van der Waals surface area contributed by atoms with Gasteiger partial charge < -0.3 is 19.4 Å². The Morgan fingerprint density at radius 2 is 1.88 bits per heavy atom. The van der Waals surface area contributed by atoms with Crippen LogP contribution in [0.25, 0.3) is 0 Å². The molecule has 180 valence electrons. The summed E-state index contributed by atoms with van der Waals surface area (Å²) in [5, 5.41) is 3.75. The predicted octanol–water partition coefficient (Wildman–Crippen LogP) is 5.16. The van der Waals surface area contributed by atoms with E-state index < -0.39 is 0 Å². The second-order valence-electron chi connectivity index (χ2n) is 7.96. The fourth-order valence-electron chi connectivity index (χ4n) is 4.12. The number of amides is 2. The van der Waals surface area contributed by atoms with Crippen molar-refractivity contribution in [3.05, 3.63) is 76.3 Å². The van der Waals surface area contributed by atoms with Gasteiger partial charge in [0.25, 0.3) is 5.91 Å². The number of thiophene rings is 1. The summed E-state index contributed by atoms with van der Waals surface area (Å²) in [5.41, 5.74) is 1.86. The first-order chi connectivity index (χ1) is 16.5. The van der Waals surface area contributed by atoms with Crippen LogP contribution in [0.1, 0.15) is 46.4 Å². The molecule has 0 radical (unpaired) electrons. The SMILES string of the molecule is CCOC(=O)N1CCN([C@@H](c2ccc(F)cc2)c2cc(CC)sc2NC(=O)c2ccco2)CC1. The van der Waals surface area contributed by atoms with Crippen LogP contribution in [0, 0.1) is 5.82 Å². The van der Waals surface area contributed by atoms with Gasteiger partial charge in [-0.25, -0.2) is 9.18 Å². The summed E-state index contributed by atoms with van der Waals surface area (Å²) in [6.45, 7) is 6.47. The molecule has 1 atom stereocenters. The first kappa shape index (κ1) is 24.0. The lowest BCUT2D eigenvalue weighted by molar-refractivity contribution is 0.0715. The highest BCUT2D eigenvalue weighted by atomic mass is 32.1. The van der Waals surface area contributed by atoms with Crippen LogP contribution >= 0.6 is 11.3 Å². The van der Waals surface area contributed by atoms with Crippen LogP contribution in [-0.2, 0) is 11.2 Å². The maximum absolute atomic E-state index is 13.7. The van der Waals surface area contributed by atoms with E-state index in [4.69, 9.17) is 9.15 Å². The zero-order chi connectivity index (χ0) is 24.1. The number of carbonyl (C=O) groups is 2. The van der Waals surface area contributed by atoms with Gasteiger partial charge in [0.1, 0.15) is 10.8 Å². The van der Waals surface area contributed by atoms with Gasteiger partial charge in [-0.1, -0.05) is 19.1 Å². The molecule has 1 saturated heterocycles. The first-order valence-corrected chi connectivity index (χ1v) is 12.2. The van der Waals surface area contributed by atoms with Crippen molar-refractivity contribution in [2.75, 3.05) is 38.1 Å². The predicted molar refractivity (Wildman–Crippen MR) is 129 cm³/mol. The number of hydrogen-bond acceptors (Lipinski definition) is 6. The lowest BCUT2D eigenvalue weighted by Gasteiger charge is -2.39. The molecule has 2 amide bonds. The van der Waals surface area contributed by atoms with E-state index in [0.29, 0.717) is 32.8 Å². The number of piperazine rings is 1. The number of aryl methyl sites for hydroxylation is 1. The standard InChI is InChI=1S/C25H28FN3O4S/c1-3-19-16-20(24(34-19)27-23(30)21-6-5-15-33-21)22(17-7-9-18(26)10-8-17)28-11-13-29(14-12-28)25(31)32-4-2/h5-10,15-16,22H,3-4,11-14H2,1-2H3,(H,27,30)/t22-/m0/s1. The molecule has 2 aromatic heterocycles. The summed E-state index contributed by atoms with van der Waals surface area (Å²) in [6.07, 6.45) is 1.98. The summed E-state index contributed by atoms with van der Waals surface area (Å²) in [7, 11) is 0. The maximum Gasteiger partial charge on any atom is 0.409 e. The number of anilines is 1. The molecule has 1 aromatic carbocycles. The van der Waals surface area contributed by atoms with Gasteiger partial charge in [0.15, 0.2) is 5.76 Å². The van der Waals surface area contributed by atoms with Gasteiger partial charge in [0.05, 0.1) is 18.9 Å². The van der Waals surface area contributed by atoms with E-state index in [2.05, 4.69) is 23.2 Å². The monoisotopic (exact) mass is 485 g/mol. The minimum Gasteiger partial charge on any atom is -0.459 e. The first-order valence-electron chi connectivity index (χ1n) is 11.4. The number of nitrogens with zero attached hydrogens (tertiary/aromatic N) is 2. The number of nitrogens with one attached hydrogen (secondary N) is 1. The van der Waals surface area contributed by atoms with Gasteiger partial charge in [0, 0.05) is 36.6 Å². The molecular weight excluding hydrogens is 457 g/mol. The lowest BCUT2D eigenvalue weighted by Crippen LogP contribution is -2.50. The zero-order valence-electron chi connectivity index (χ0n) is 19.3. The summed E-state index contributed by atoms with van der Waals surface area (Å²) >= 11 is 1.53. The topological polar surface area (TPSA) is 75.0 Å². The van der Waals surface area contributed by atoms with Crippen molar-refractivity contribution in [3.8, 4) is 0 Å². The fraction of sp³-hybridized carbons (Fsp3) is 0.360. The van der Waals surface area contributed by atoms with Crippen molar-refractivity contribution in [3.63, 3.8) is 0 Å². The molecule has 7 nitrogen and oxygen atoms in total. The molecular formula is C25H28FN3O4S. The van der Waals surface area contributed by atoms with E-state index in [-0.39, 0.29) is 29.6 Å².